The van der Waals surface area contributed by atoms with Gasteiger partial charge in [0.2, 0.25) is 5.95 Å². The van der Waals surface area contributed by atoms with Gasteiger partial charge >= 0.3 is 0 Å². The summed E-state index contributed by atoms with van der Waals surface area (Å²) in [6.45, 7) is 4.60. The number of nitrogens with zero attached hydrogens (tertiary/aromatic N) is 4. The van der Waals surface area contributed by atoms with Crippen molar-refractivity contribution in [2.45, 2.75) is 19.3 Å². The van der Waals surface area contributed by atoms with Gasteiger partial charge in [-0.2, -0.15) is 0 Å². The summed E-state index contributed by atoms with van der Waals surface area (Å²) >= 11 is 0. The van der Waals surface area contributed by atoms with E-state index < -0.39 is 5.41 Å². The second-order valence-corrected chi connectivity index (χ2v) is 13.7. The molecule has 0 spiro atoms. The molecule has 4 heteroatoms. The van der Waals surface area contributed by atoms with E-state index in [0.717, 1.165) is 39.2 Å². The van der Waals surface area contributed by atoms with Crippen LogP contribution in [0.1, 0.15) is 25.1 Å². The number of fused-ring (bicyclic) bond motifs is 7. The highest BCUT2D eigenvalue weighted by atomic mass is 15.2. The summed E-state index contributed by atoms with van der Waals surface area (Å²) in [5, 5.41) is 4.77. The Labute approximate surface area is 290 Å². The zero-order chi connectivity index (χ0) is 33.4. The predicted molar refractivity (Wildman–Crippen MR) is 206 cm³/mol. The van der Waals surface area contributed by atoms with Gasteiger partial charge in [0, 0.05) is 27.9 Å². The zero-order valence-corrected chi connectivity index (χ0v) is 27.8. The second kappa shape index (κ2) is 10.8. The van der Waals surface area contributed by atoms with Crippen LogP contribution in [0.2, 0.25) is 0 Å². The lowest BCUT2D eigenvalue weighted by Crippen LogP contribution is -2.19. The van der Waals surface area contributed by atoms with Crippen molar-refractivity contribution in [3.8, 4) is 50.7 Å². The Morgan fingerprint density at radius 3 is 1.88 bits per heavy atom. The molecule has 6 aromatic carbocycles. The van der Waals surface area contributed by atoms with Crippen LogP contribution in [0.5, 0.6) is 0 Å². The zero-order valence-electron chi connectivity index (χ0n) is 27.8. The Bertz CT molecular complexity index is 2760. The van der Waals surface area contributed by atoms with Crippen LogP contribution in [0.15, 0.2) is 158 Å². The van der Waals surface area contributed by atoms with E-state index in [2.05, 4.69) is 158 Å². The molecule has 0 amide bonds. The van der Waals surface area contributed by atoms with Gasteiger partial charge in [0.05, 0.1) is 22.4 Å². The number of para-hydroxylation sites is 1. The quantitative estimate of drug-likeness (QED) is 0.192. The molecule has 0 fully saturated rings. The third kappa shape index (κ3) is 4.21. The van der Waals surface area contributed by atoms with Crippen LogP contribution in [0.3, 0.4) is 0 Å². The average Bonchev–Trinajstić information content (AvgIpc) is 3.61. The molecule has 236 valence electrons. The predicted octanol–water partition coefficient (Wildman–Crippen LogP) is 11.4. The van der Waals surface area contributed by atoms with E-state index in [9.17, 15) is 0 Å². The van der Waals surface area contributed by atoms with E-state index >= 15 is 0 Å². The van der Waals surface area contributed by atoms with Crippen LogP contribution in [0.25, 0.3) is 83.3 Å². The molecule has 10 rings (SSSR count). The van der Waals surface area contributed by atoms with Gasteiger partial charge in [0.25, 0.3) is 0 Å². The normalized spacial score (nSPS) is 13.2. The van der Waals surface area contributed by atoms with Crippen molar-refractivity contribution in [2.24, 2.45) is 0 Å². The molecule has 0 atom stereocenters. The fraction of sp³-hybridized carbons (Fsp3) is 0.0652. The molecule has 0 N–H and O–H groups in total. The van der Waals surface area contributed by atoms with Gasteiger partial charge in [-0.15, -0.1) is 0 Å². The summed E-state index contributed by atoms with van der Waals surface area (Å²) in [5.41, 5.74) is 12.6. The van der Waals surface area contributed by atoms with Crippen molar-refractivity contribution in [3.63, 3.8) is 0 Å². The first-order chi connectivity index (χ1) is 24.6. The average molecular weight is 641 g/mol. The molecule has 0 saturated carbocycles. The Balaban J connectivity index is 1.30. The largest absolute Gasteiger partial charge is 0.278 e. The number of hydrogen-bond acceptors (Lipinski definition) is 3. The lowest BCUT2D eigenvalue weighted by atomic mass is 9.82. The molecule has 1 aliphatic rings. The van der Waals surface area contributed by atoms with Crippen molar-refractivity contribution in [1.29, 1.82) is 0 Å². The van der Waals surface area contributed by atoms with E-state index in [1.807, 2.05) is 18.3 Å². The molecule has 50 heavy (non-hydrogen) atoms. The number of hydrogen-bond donors (Lipinski definition) is 0. The number of pyridine rings is 1. The summed E-state index contributed by atoms with van der Waals surface area (Å²) < 4.78 is 2.24. The molecule has 3 heterocycles. The summed E-state index contributed by atoms with van der Waals surface area (Å²) in [7, 11) is 0. The van der Waals surface area contributed by atoms with E-state index in [1.54, 1.807) is 0 Å². The summed E-state index contributed by atoms with van der Waals surface area (Å²) in [6, 6.07) is 53.9. The van der Waals surface area contributed by atoms with E-state index in [-0.39, 0.29) is 0 Å². The van der Waals surface area contributed by atoms with Crippen LogP contribution < -0.4 is 0 Å². The van der Waals surface area contributed by atoms with Gasteiger partial charge in [0.15, 0.2) is 0 Å². The van der Waals surface area contributed by atoms with Gasteiger partial charge in [-0.25, -0.2) is 9.97 Å². The number of aromatic nitrogens is 4. The smallest absolute Gasteiger partial charge is 0.235 e. The lowest BCUT2D eigenvalue weighted by Gasteiger charge is -2.23. The fourth-order valence-corrected chi connectivity index (χ4v) is 7.98. The molecule has 4 nitrogen and oxygen atoms in total. The van der Waals surface area contributed by atoms with Crippen LogP contribution in [-0.2, 0) is 5.41 Å². The van der Waals surface area contributed by atoms with Gasteiger partial charge < -0.3 is 0 Å². The lowest BCUT2D eigenvalue weighted by molar-refractivity contribution is 0.633. The molecule has 3 aromatic heterocycles. The molecular formula is C46H32N4. The highest BCUT2D eigenvalue weighted by Gasteiger charge is 2.41. The SMILES string of the molecule is CC1(C)c2cc(-c3ccccc3)c(-c3ccccc3)cc2-c2c(-c3ccccn3)nc(-n3c4ccccc4c4cc5ccccc5cc43)nc21. The third-order valence-corrected chi connectivity index (χ3v) is 10.4. The molecule has 1 aliphatic carbocycles. The maximum atomic E-state index is 5.56. The Morgan fingerprint density at radius 1 is 0.520 bits per heavy atom. The van der Waals surface area contributed by atoms with Gasteiger partial charge in [-0.1, -0.05) is 123 Å². The molecule has 0 aliphatic heterocycles. The van der Waals surface area contributed by atoms with E-state index in [1.165, 1.54) is 49.4 Å². The standard InChI is InChI=1S/C46H32N4/c1-46(2)38-28-35(30-17-7-4-8-18-30)34(29-15-5-3-6-16-29)27-37(38)42-43(39-22-13-14-24-47-39)48-45(49-44(42)46)50-40-23-12-11-21-33(40)36-25-31-19-9-10-20-32(31)26-41(36)50/h3-28H,1-2H3. The Morgan fingerprint density at radius 2 is 1.16 bits per heavy atom. The van der Waals surface area contributed by atoms with Crippen LogP contribution in [-0.4, -0.2) is 19.5 Å². The highest BCUT2D eigenvalue weighted by Crippen LogP contribution is 2.54. The minimum Gasteiger partial charge on any atom is -0.278 e. The topological polar surface area (TPSA) is 43.6 Å². The Hall–Kier alpha value is -6.39. The van der Waals surface area contributed by atoms with Gasteiger partial charge in [-0.05, 0) is 86.6 Å². The third-order valence-electron chi connectivity index (χ3n) is 10.4. The van der Waals surface area contributed by atoms with Crippen molar-refractivity contribution in [2.75, 3.05) is 0 Å². The van der Waals surface area contributed by atoms with Gasteiger partial charge in [0.1, 0.15) is 5.69 Å². The fourth-order valence-electron chi connectivity index (χ4n) is 7.98. The summed E-state index contributed by atoms with van der Waals surface area (Å²) in [4.78, 5) is 15.9. The van der Waals surface area contributed by atoms with Crippen molar-refractivity contribution in [1.82, 2.24) is 19.5 Å². The summed E-state index contributed by atoms with van der Waals surface area (Å²) in [5.74, 6) is 0.651. The molecule has 0 unspecified atom stereocenters. The minimum absolute atomic E-state index is 0.407. The van der Waals surface area contributed by atoms with Gasteiger partial charge in [-0.3, -0.25) is 9.55 Å². The van der Waals surface area contributed by atoms with Crippen molar-refractivity contribution >= 4 is 32.6 Å². The monoisotopic (exact) mass is 640 g/mol. The molecule has 0 saturated heterocycles. The molecule has 0 radical (unpaired) electrons. The molecular weight excluding hydrogens is 609 g/mol. The first-order valence-electron chi connectivity index (χ1n) is 17.1. The first-order valence-corrected chi connectivity index (χ1v) is 17.1. The number of benzene rings is 6. The van der Waals surface area contributed by atoms with Crippen molar-refractivity contribution in [3.05, 3.63) is 169 Å². The van der Waals surface area contributed by atoms with Crippen LogP contribution in [0, 0.1) is 0 Å². The maximum absolute atomic E-state index is 5.56. The van der Waals surface area contributed by atoms with Crippen molar-refractivity contribution < 1.29 is 0 Å². The second-order valence-electron chi connectivity index (χ2n) is 13.7. The maximum Gasteiger partial charge on any atom is 0.235 e. The van der Waals surface area contributed by atoms with Crippen LogP contribution in [0.4, 0.5) is 0 Å². The molecule has 9 aromatic rings. The molecule has 0 bridgehead atoms. The highest BCUT2D eigenvalue weighted by molar-refractivity contribution is 6.13. The first kappa shape index (κ1) is 28.6. The Kier molecular flexibility index (Phi) is 6.19. The van der Waals surface area contributed by atoms with E-state index in [4.69, 9.17) is 15.0 Å². The van der Waals surface area contributed by atoms with E-state index in [0.29, 0.717) is 5.95 Å². The number of rotatable bonds is 4. The minimum atomic E-state index is -0.407. The summed E-state index contributed by atoms with van der Waals surface area (Å²) in [6.07, 6.45) is 1.85. The van der Waals surface area contributed by atoms with Crippen LogP contribution >= 0.6 is 0 Å².